The van der Waals surface area contributed by atoms with Gasteiger partial charge in [0.1, 0.15) is 12.5 Å². The van der Waals surface area contributed by atoms with Crippen LogP contribution in [-0.2, 0) is 25.9 Å². The monoisotopic (exact) mass is 459 g/mol. The molecule has 3 aromatic rings. The van der Waals surface area contributed by atoms with Crippen LogP contribution in [0.4, 0.5) is 23.4 Å². The number of halogens is 4. The van der Waals surface area contributed by atoms with Crippen LogP contribution in [0.2, 0.25) is 0 Å². The van der Waals surface area contributed by atoms with Crippen LogP contribution in [-0.4, -0.2) is 18.1 Å². The average Bonchev–Trinajstić information content (AvgIpc) is 3.61. The van der Waals surface area contributed by atoms with Gasteiger partial charge in [0, 0.05) is 37.1 Å². The minimum atomic E-state index is -4.50. The molecule has 33 heavy (non-hydrogen) atoms. The minimum Gasteiger partial charge on any atom is -0.356 e. The van der Waals surface area contributed by atoms with Crippen molar-refractivity contribution in [2.24, 2.45) is 5.92 Å². The highest BCUT2D eigenvalue weighted by atomic mass is 19.4. The van der Waals surface area contributed by atoms with E-state index >= 15 is 0 Å². The Morgan fingerprint density at radius 3 is 2.48 bits per heavy atom. The van der Waals surface area contributed by atoms with E-state index in [4.69, 9.17) is 4.98 Å². The van der Waals surface area contributed by atoms with Gasteiger partial charge in [0.15, 0.2) is 0 Å². The molecule has 0 saturated heterocycles. The van der Waals surface area contributed by atoms with Crippen molar-refractivity contribution in [2.45, 2.75) is 52.1 Å². The normalized spacial score (nSPS) is 14.1. The van der Waals surface area contributed by atoms with E-state index in [0.29, 0.717) is 18.0 Å². The SMILES string of the molecule is CCCN(CC1CC1)c1nc2ccccc2cc1CNCc1cc(CF)cc(C(F)(F)F)c1. The average molecular weight is 460 g/mol. The van der Waals surface area contributed by atoms with E-state index in [1.54, 1.807) is 0 Å². The number of pyridine rings is 1. The summed E-state index contributed by atoms with van der Waals surface area (Å²) < 4.78 is 52.7. The van der Waals surface area contributed by atoms with E-state index < -0.39 is 18.4 Å². The fourth-order valence-corrected chi connectivity index (χ4v) is 4.17. The lowest BCUT2D eigenvalue weighted by Crippen LogP contribution is -2.29. The summed E-state index contributed by atoms with van der Waals surface area (Å²) in [5.74, 6) is 1.64. The molecule has 0 atom stereocenters. The van der Waals surface area contributed by atoms with Gasteiger partial charge in [0.25, 0.3) is 0 Å². The van der Waals surface area contributed by atoms with Crippen LogP contribution >= 0.6 is 0 Å². The highest BCUT2D eigenvalue weighted by molar-refractivity contribution is 5.81. The van der Waals surface area contributed by atoms with Crippen LogP contribution in [0.3, 0.4) is 0 Å². The van der Waals surface area contributed by atoms with Crippen LogP contribution in [0.5, 0.6) is 0 Å². The predicted molar refractivity (Wildman–Crippen MR) is 124 cm³/mol. The van der Waals surface area contributed by atoms with Crippen LogP contribution < -0.4 is 10.2 Å². The number of nitrogens with zero attached hydrogens (tertiary/aromatic N) is 2. The Labute approximate surface area is 191 Å². The van der Waals surface area contributed by atoms with Crippen molar-refractivity contribution < 1.29 is 17.6 Å². The summed E-state index contributed by atoms with van der Waals surface area (Å²) in [7, 11) is 0. The molecule has 1 heterocycles. The molecule has 1 saturated carbocycles. The molecule has 0 unspecified atom stereocenters. The van der Waals surface area contributed by atoms with Crippen molar-refractivity contribution in [3.63, 3.8) is 0 Å². The summed E-state index contributed by atoms with van der Waals surface area (Å²) in [4.78, 5) is 7.30. The number of rotatable bonds is 10. The van der Waals surface area contributed by atoms with Gasteiger partial charge in [-0.25, -0.2) is 9.37 Å². The summed E-state index contributed by atoms with van der Waals surface area (Å²) in [6, 6.07) is 13.5. The van der Waals surface area contributed by atoms with Crippen molar-refractivity contribution in [2.75, 3.05) is 18.0 Å². The van der Waals surface area contributed by atoms with Crippen molar-refractivity contribution >= 4 is 16.7 Å². The minimum absolute atomic E-state index is 0.0354. The number of nitrogens with one attached hydrogen (secondary N) is 1. The van der Waals surface area contributed by atoms with E-state index in [0.717, 1.165) is 53.9 Å². The fourth-order valence-electron chi connectivity index (χ4n) is 4.17. The Morgan fingerprint density at radius 1 is 1.03 bits per heavy atom. The van der Waals surface area contributed by atoms with Crippen LogP contribution in [0.1, 0.15) is 48.4 Å². The smallest absolute Gasteiger partial charge is 0.356 e. The Balaban J connectivity index is 1.57. The molecule has 0 bridgehead atoms. The lowest BCUT2D eigenvalue weighted by Gasteiger charge is -2.26. The zero-order valence-electron chi connectivity index (χ0n) is 18.8. The fraction of sp³-hybridized carbons (Fsp3) is 0.423. The van der Waals surface area contributed by atoms with Gasteiger partial charge < -0.3 is 10.2 Å². The number of hydrogen-bond donors (Lipinski definition) is 1. The number of aromatic nitrogens is 1. The molecular formula is C26H29F4N3. The molecule has 176 valence electrons. The third-order valence-electron chi connectivity index (χ3n) is 5.93. The van der Waals surface area contributed by atoms with E-state index in [1.165, 1.54) is 18.9 Å². The molecule has 1 N–H and O–H groups in total. The van der Waals surface area contributed by atoms with Gasteiger partial charge in [-0.1, -0.05) is 31.2 Å². The molecule has 0 amide bonds. The topological polar surface area (TPSA) is 28.2 Å². The second-order valence-corrected chi connectivity index (χ2v) is 8.83. The maximum atomic E-state index is 13.2. The van der Waals surface area contributed by atoms with Gasteiger partial charge >= 0.3 is 6.18 Å². The standard InChI is InChI=1S/C26H29F4N3/c1-2-9-33(17-18-7-8-18)25-22(13-21-5-3-4-6-24(21)32-25)16-31-15-20-10-19(14-27)11-23(12-20)26(28,29)30/h3-6,10-13,18,31H,2,7-9,14-17H2,1H3. The van der Waals surface area contributed by atoms with Crippen molar-refractivity contribution in [1.29, 1.82) is 0 Å². The molecule has 0 radical (unpaired) electrons. The molecule has 0 aliphatic heterocycles. The second-order valence-electron chi connectivity index (χ2n) is 8.83. The Kier molecular flexibility index (Phi) is 7.17. The van der Waals surface area contributed by atoms with E-state index in [-0.39, 0.29) is 12.1 Å². The molecule has 1 aliphatic carbocycles. The van der Waals surface area contributed by atoms with Crippen molar-refractivity contribution in [3.8, 4) is 0 Å². The molecule has 7 heteroatoms. The first kappa shape index (κ1) is 23.5. The van der Waals surface area contributed by atoms with E-state index in [2.05, 4.69) is 23.2 Å². The molecule has 1 fully saturated rings. The van der Waals surface area contributed by atoms with Gasteiger partial charge in [-0.2, -0.15) is 13.2 Å². The lowest BCUT2D eigenvalue weighted by molar-refractivity contribution is -0.137. The molecule has 4 rings (SSSR count). The summed E-state index contributed by atoms with van der Waals surface area (Å²) in [6.45, 7) is 3.76. The summed E-state index contributed by atoms with van der Waals surface area (Å²) in [5.41, 5.74) is 1.57. The zero-order valence-corrected chi connectivity index (χ0v) is 18.8. The summed E-state index contributed by atoms with van der Waals surface area (Å²) in [6.07, 6.45) is -1.01. The van der Waals surface area contributed by atoms with Crippen LogP contribution in [0.15, 0.2) is 48.5 Å². The number of benzene rings is 2. The van der Waals surface area contributed by atoms with Crippen molar-refractivity contribution in [3.05, 3.63) is 70.8 Å². The van der Waals surface area contributed by atoms with Gasteiger partial charge in [-0.15, -0.1) is 0 Å². The third-order valence-corrected chi connectivity index (χ3v) is 5.93. The second kappa shape index (κ2) is 10.1. The Hall–Kier alpha value is -2.67. The molecule has 3 nitrogen and oxygen atoms in total. The largest absolute Gasteiger partial charge is 0.416 e. The third kappa shape index (κ3) is 6.02. The maximum Gasteiger partial charge on any atom is 0.416 e. The Morgan fingerprint density at radius 2 is 1.79 bits per heavy atom. The quantitative estimate of drug-likeness (QED) is 0.345. The number of alkyl halides is 4. The number of hydrogen-bond acceptors (Lipinski definition) is 3. The molecular weight excluding hydrogens is 430 g/mol. The Bertz CT molecular complexity index is 1090. The highest BCUT2D eigenvalue weighted by Gasteiger charge is 2.31. The van der Waals surface area contributed by atoms with Crippen LogP contribution in [0.25, 0.3) is 10.9 Å². The van der Waals surface area contributed by atoms with Gasteiger partial charge in [0.05, 0.1) is 11.1 Å². The number of anilines is 1. The highest BCUT2D eigenvalue weighted by Crippen LogP contribution is 2.33. The first-order chi connectivity index (χ1) is 15.9. The first-order valence-corrected chi connectivity index (χ1v) is 11.5. The summed E-state index contributed by atoms with van der Waals surface area (Å²) >= 11 is 0. The maximum absolute atomic E-state index is 13.2. The van der Waals surface area contributed by atoms with Crippen molar-refractivity contribution in [1.82, 2.24) is 10.3 Å². The predicted octanol–water partition coefficient (Wildman–Crippen LogP) is 6.64. The van der Waals surface area contributed by atoms with Gasteiger partial charge in [0.2, 0.25) is 0 Å². The number of fused-ring (bicyclic) bond motifs is 1. The zero-order chi connectivity index (χ0) is 23.4. The molecule has 1 aliphatic rings. The van der Waals surface area contributed by atoms with E-state index in [9.17, 15) is 17.6 Å². The van der Waals surface area contributed by atoms with E-state index in [1.807, 2.05) is 24.3 Å². The number of para-hydroxylation sites is 1. The summed E-state index contributed by atoms with van der Waals surface area (Å²) in [5, 5.41) is 4.29. The molecule has 0 spiro atoms. The first-order valence-electron chi connectivity index (χ1n) is 11.5. The lowest BCUT2D eigenvalue weighted by atomic mass is 10.1. The van der Waals surface area contributed by atoms with Crippen LogP contribution in [0, 0.1) is 5.92 Å². The molecule has 1 aromatic heterocycles. The molecule has 2 aromatic carbocycles. The van der Waals surface area contributed by atoms with Gasteiger partial charge in [-0.3, -0.25) is 0 Å². The van der Waals surface area contributed by atoms with Gasteiger partial charge in [-0.05, 0) is 60.6 Å².